The zero-order chi connectivity index (χ0) is 14.6. The summed E-state index contributed by atoms with van der Waals surface area (Å²) in [6.45, 7) is 4.04. The van der Waals surface area contributed by atoms with Gasteiger partial charge >= 0.3 is 0 Å². The minimum atomic E-state index is 0.396. The average Bonchev–Trinajstić information content (AvgIpc) is 2.42. The van der Waals surface area contributed by atoms with Crippen molar-refractivity contribution in [3.05, 3.63) is 28.8 Å². The molecule has 5 rings (SSSR count). The van der Waals surface area contributed by atoms with Crippen LogP contribution >= 0.6 is 0 Å². The topological polar surface area (TPSA) is 32.6 Å². The zero-order valence-corrected chi connectivity index (χ0v) is 13.0. The number of aromatic hydroxyl groups is 1. The van der Waals surface area contributed by atoms with Gasteiger partial charge in [-0.25, -0.2) is 0 Å². The molecule has 1 N–H and O–H groups in total. The molecule has 4 fully saturated rings. The zero-order valence-electron chi connectivity index (χ0n) is 13.0. The molecule has 1 aromatic rings. The Morgan fingerprint density at radius 2 is 1.62 bits per heavy atom. The number of benzene rings is 1. The molecule has 0 heterocycles. The van der Waals surface area contributed by atoms with Crippen LogP contribution in [0.2, 0.25) is 0 Å². The van der Waals surface area contributed by atoms with Crippen LogP contribution in [0.4, 0.5) is 0 Å². The predicted octanol–water partition coefficient (Wildman–Crippen LogP) is 4.25. The Balaban J connectivity index is 1.59. The molecule has 4 aliphatic rings. The number of phenols is 1. The smallest absolute Gasteiger partial charge is 0.127 e. The minimum absolute atomic E-state index is 0.396. The molecule has 4 bridgehead atoms. The summed E-state index contributed by atoms with van der Waals surface area (Å²) in [5.74, 6) is 4.01. The number of aliphatic imine (C=N–C) groups is 1. The van der Waals surface area contributed by atoms with Crippen LogP contribution in [0.15, 0.2) is 17.1 Å². The molecule has 0 aliphatic heterocycles. The molecule has 0 saturated heterocycles. The van der Waals surface area contributed by atoms with Gasteiger partial charge in [0, 0.05) is 11.8 Å². The van der Waals surface area contributed by atoms with E-state index < -0.39 is 0 Å². The second-order valence-corrected chi connectivity index (χ2v) is 7.72. The van der Waals surface area contributed by atoms with Crippen molar-refractivity contribution in [1.29, 1.82) is 0 Å². The standard InChI is InChI=1S/C19H25NO/c1-11-3-12(2)19(21)17(4-11)10-20-18-15-6-13-5-14(8-15)9-16(18)7-13/h3-4,10,13-16,18,21H,5-9H2,1-2H3. The van der Waals surface area contributed by atoms with E-state index in [1.165, 1.54) is 37.7 Å². The normalized spacial score (nSPS) is 37.5. The van der Waals surface area contributed by atoms with Gasteiger partial charge in [-0.15, -0.1) is 0 Å². The molecule has 0 atom stereocenters. The van der Waals surface area contributed by atoms with Crippen molar-refractivity contribution in [2.45, 2.75) is 52.0 Å². The van der Waals surface area contributed by atoms with Crippen LogP contribution in [-0.4, -0.2) is 17.4 Å². The summed E-state index contributed by atoms with van der Waals surface area (Å²) < 4.78 is 0. The lowest BCUT2D eigenvalue weighted by molar-refractivity contribution is 0.00146. The Morgan fingerprint density at radius 1 is 1.00 bits per heavy atom. The SMILES string of the molecule is Cc1cc(C)c(O)c(C=NC2C3CC4CC(C3)CC2C4)c1. The predicted molar refractivity (Wildman–Crippen MR) is 86.0 cm³/mol. The summed E-state index contributed by atoms with van der Waals surface area (Å²) in [7, 11) is 0. The summed E-state index contributed by atoms with van der Waals surface area (Å²) in [5.41, 5.74) is 3.03. The highest BCUT2D eigenvalue weighted by Gasteiger charge is 2.47. The average molecular weight is 283 g/mol. The highest BCUT2D eigenvalue weighted by molar-refractivity contribution is 5.84. The highest BCUT2D eigenvalue weighted by Crippen LogP contribution is 2.54. The number of hydrogen-bond acceptors (Lipinski definition) is 2. The molecule has 0 spiro atoms. The first-order valence-corrected chi connectivity index (χ1v) is 8.43. The first-order valence-electron chi connectivity index (χ1n) is 8.43. The van der Waals surface area contributed by atoms with E-state index in [1.54, 1.807) is 0 Å². The fraction of sp³-hybridized carbons (Fsp3) is 0.632. The van der Waals surface area contributed by atoms with Crippen molar-refractivity contribution in [2.75, 3.05) is 0 Å². The van der Waals surface area contributed by atoms with Gasteiger partial charge in [0.05, 0.1) is 6.04 Å². The lowest BCUT2D eigenvalue weighted by atomic mass is 9.54. The van der Waals surface area contributed by atoms with Gasteiger partial charge in [-0.1, -0.05) is 6.07 Å². The maximum absolute atomic E-state index is 10.2. The molecular formula is C19H25NO. The highest BCUT2D eigenvalue weighted by atomic mass is 16.3. The maximum Gasteiger partial charge on any atom is 0.127 e. The lowest BCUT2D eigenvalue weighted by Gasteiger charge is -2.53. The van der Waals surface area contributed by atoms with Crippen LogP contribution in [0.5, 0.6) is 5.75 Å². The Hall–Kier alpha value is -1.31. The summed E-state index contributed by atoms with van der Waals surface area (Å²) in [4.78, 5) is 4.95. The summed E-state index contributed by atoms with van der Waals surface area (Å²) in [5, 5.41) is 10.2. The molecule has 4 saturated carbocycles. The fourth-order valence-corrected chi connectivity index (χ4v) is 5.40. The monoisotopic (exact) mass is 283 g/mol. The van der Waals surface area contributed by atoms with Crippen molar-refractivity contribution in [3.63, 3.8) is 0 Å². The molecular weight excluding hydrogens is 258 g/mol. The molecule has 0 unspecified atom stereocenters. The molecule has 2 nitrogen and oxygen atoms in total. The molecule has 0 radical (unpaired) electrons. The molecule has 1 aromatic carbocycles. The van der Waals surface area contributed by atoms with Crippen molar-refractivity contribution < 1.29 is 5.11 Å². The third kappa shape index (κ3) is 2.29. The van der Waals surface area contributed by atoms with Crippen molar-refractivity contribution >= 4 is 6.21 Å². The minimum Gasteiger partial charge on any atom is -0.507 e. The van der Waals surface area contributed by atoms with E-state index in [-0.39, 0.29) is 0 Å². The van der Waals surface area contributed by atoms with Gasteiger partial charge in [-0.2, -0.15) is 0 Å². The molecule has 21 heavy (non-hydrogen) atoms. The Bertz CT molecular complexity index is 561. The lowest BCUT2D eigenvalue weighted by Crippen LogP contribution is -2.47. The van der Waals surface area contributed by atoms with Crippen LogP contribution < -0.4 is 0 Å². The van der Waals surface area contributed by atoms with E-state index in [2.05, 4.69) is 6.92 Å². The van der Waals surface area contributed by atoms with Crippen LogP contribution in [0.3, 0.4) is 0 Å². The summed E-state index contributed by atoms with van der Waals surface area (Å²) in [6.07, 6.45) is 9.02. The van der Waals surface area contributed by atoms with Gasteiger partial charge < -0.3 is 5.11 Å². The molecule has 112 valence electrons. The second-order valence-electron chi connectivity index (χ2n) is 7.72. The van der Waals surface area contributed by atoms with E-state index >= 15 is 0 Å². The molecule has 4 aliphatic carbocycles. The van der Waals surface area contributed by atoms with Gasteiger partial charge in [0.25, 0.3) is 0 Å². The van der Waals surface area contributed by atoms with E-state index in [4.69, 9.17) is 4.99 Å². The van der Waals surface area contributed by atoms with E-state index in [0.29, 0.717) is 11.8 Å². The second kappa shape index (κ2) is 4.86. The molecule has 0 amide bonds. The Labute approximate surface area is 127 Å². The number of hydrogen-bond donors (Lipinski definition) is 1. The van der Waals surface area contributed by atoms with Gasteiger partial charge in [0.1, 0.15) is 5.75 Å². The van der Waals surface area contributed by atoms with Crippen LogP contribution in [-0.2, 0) is 0 Å². The van der Waals surface area contributed by atoms with Crippen LogP contribution in [0.1, 0.15) is 48.8 Å². The Kier molecular flexibility index (Phi) is 3.09. The molecule has 2 heteroatoms. The van der Waals surface area contributed by atoms with Crippen LogP contribution in [0.25, 0.3) is 0 Å². The van der Waals surface area contributed by atoms with Crippen LogP contribution in [0, 0.1) is 37.5 Å². The first kappa shape index (κ1) is 13.4. The number of aryl methyl sites for hydroxylation is 2. The van der Waals surface area contributed by atoms with E-state index in [0.717, 1.165) is 34.8 Å². The third-order valence-corrected chi connectivity index (χ3v) is 6.04. The van der Waals surface area contributed by atoms with Crippen molar-refractivity contribution in [3.8, 4) is 5.75 Å². The first-order chi connectivity index (χ1) is 10.1. The quantitative estimate of drug-likeness (QED) is 0.808. The van der Waals surface area contributed by atoms with E-state index in [9.17, 15) is 5.11 Å². The van der Waals surface area contributed by atoms with E-state index in [1.807, 2.05) is 25.3 Å². The number of phenolic OH excluding ortho intramolecular Hbond substituents is 1. The number of rotatable bonds is 2. The molecule has 0 aromatic heterocycles. The van der Waals surface area contributed by atoms with Crippen molar-refractivity contribution in [1.82, 2.24) is 0 Å². The summed E-state index contributed by atoms with van der Waals surface area (Å²) in [6, 6.07) is 4.58. The van der Waals surface area contributed by atoms with Gasteiger partial charge in [0.15, 0.2) is 0 Å². The summed E-state index contributed by atoms with van der Waals surface area (Å²) >= 11 is 0. The van der Waals surface area contributed by atoms with Crippen molar-refractivity contribution in [2.24, 2.45) is 28.7 Å². The Morgan fingerprint density at radius 3 is 2.24 bits per heavy atom. The fourth-order valence-electron chi connectivity index (χ4n) is 5.40. The number of nitrogens with zero attached hydrogens (tertiary/aromatic N) is 1. The van der Waals surface area contributed by atoms with Gasteiger partial charge in [0.2, 0.25) is 0 Å². The maximum atomic E-state index is 10.2. The largest absolute Gasteiger partial charge is 0.507 e. The van der Waals surface area contributed by atoms with Gasteiger partial charge in [-0.3, -0.25) is 4.99 Å². The van der Waals surface area contributed by atoms with Gasteiger partial charge in [-0.05, 0) is 86.8 Å². The third-order valence-electron chi connectivity index (χ3n) is 6.04.